The van der Waals surface area contributed by atoms with E-state index in [1.165, 1.54) is 0 Å². The molecule has 1 N–H and O–H groups in total. The summed E-state index contributed by atoms with van der Waals surface area (Å²) < 4.78 is 0. The van der Waals surface area contributed by atoms with Crippen molar-refractivity contribution in [1.82, 2.24) is 19.8 Å². The van der Waals surface area contributed by atoms with Crippen LogP contribution in [0.15, 0.2) is 30.5 Å². The third kappa shape index (κ3) is 3.88. The van der Waals surface area contributed by atoms with Gasteiger partial charge in [0, 0.05) is 43.1 Å². The van der Waals surface area contributed by atoms with Crippen LogP contribution in [0, 0.1) is 6.92 Å². The molecule has 1 aliphatic rings. The lowest BCUT2D eigenvalue weighted by molar-refractivity contribution is -0.119. The molecule has 2 heterocycles. The van der Waals surface area contributed by atoms with Crippen molar-refractivity contribution in [2.75, 3.05) is 31.5 Å². The maximum absolute atomic E-state index is 12.6. The van der Waals surface area contributed by atoms with Gasteiger partial charge in [-0.05, 0) is 30.7 Å². The number of nitrogens with one attached hydrogen (secondary N) is 1. The highest BCUT2D eigenvalue weighted by atomic mass is 35.5. The van der Waals surface area contributed by atoms with Crippen molar-refractivity contribution in [1.29, 1.82) is 0 Å². The number of hydrogen-bond donors (Lipinski definition) is 1. The Balaban J connectivity index is 1.74. The van der Waals surface area contributed by atoms with Gasteiger partial charge in [0.2, 0.25) is 12.4 Å². The number of carbonyl (C=O) groups excluding carboxylic acids is 2. The molecule has 0 unspecified atom stereocenters. The molecule has 7 nitrogen and oxygen atoms in total. The third-order valence-electron chi connectivity index (χ3n) is 4.14. The van der Waals surface area contributed by atoms with E-state index in [9.17, 15) is 9.59 Å². The highest BCUT2D eigenvalue weighted by Crippen LogP contribution is 2.24. The van der Waals surface area contributed by atoms with Crippen molar-refractivity contribution in [2.45, 2.75) is 6.92 Å². The molecule has 0 aliphatic carbocycles. The van der Waals surface area contributed by atoms with Crippen molar-refractivity contribution in [2.24, 2.45) is 0 Å². The van der Waals surface area contributed by atoms with Crippen LogP contribution < -0.4 is 5.32 Å². The Hall–Kier alpha value is -2.67. The highest BCUT2D eigenvalue weighted by molar-refractivity contribution is 6.31. The van der Waals surface area contributed by atoms with Gasteiger partial charge in [-0.2, -0.15) is 0 Å². The monoisotopic (exact) mass is 359 g/mol. The number of hydrogen-bond acceptors (Lipinski definition) is 5. The topological polar surface area (TPSA) is 78.4 Å². The lowest BCUT2D eigenvalue weighted by Gasteiger charge is -2.32. The van der Waals surface area contributed by atoms with Crippen molar-refractivity contribution < 1.29 is 9.59 Å². The van der Waals surface area contributed by atoms with E-state index >= 15 is 0 Å². The zero-order valence-electron chi connectivity index (χ0n) is 13.8. The molecule has 0 bridgehead atoms. The van der Waals surface area contributed by atoms with Crippen LogP contribution in [0.5, 0.6) is 0 Å². The smallest absolute Gasteiger partial charge is 0.272 e. The number of benzene rings is 1. The molecular formula is C17H18ClN5O2. The van der Waals surface area contributed by atoms with Crippen molar-refractivity contribution >= 4 is 35.6 Å². The summed E-state index contributed by atoms with van der Waals surface area (Å²) in [5.41, 5.74) is 1.99. The van der Waals surface area contributed by atoms with Crippen molar-refractivity contribution in [3.05, 3.63) is 46.7 Å². The maximum atomic E-state index is 12.6. The Morgan fingerprint density at radius 3 is 2.72 bits per heavy atom. The lowest BCUT2D eigenvalue weighted by atomic mass is 10.2. The van der Waals surface area contributed by atoms with Crippen LogP contribution in [0.3, 0.4) is 0 Å². The number of piperazine rings is 1. The van der Waals surface area contributed by atoms with Gasteiger partial charge in [-0.3, -0.25) is 9.59 Å². The second-order valence-corrected chi connectivity index (χ2v) is 6.14. The summed E-state index contributed by atoms with van der Waals surface area (Å²) in [6.45, 7) is 3.96. The first kappa shape index (κ1) is 17.2. The van der Waals surface area contributed by atoms with E-state index in [4.69, 9.17) is 11.6 Å². The van der Waals surface area contributed by atoms with Crippen LogP contribution in [0.1, 0.15) is 16.1 Å². The van der Waals surface area contributed by atoms with E-state index in [1.807, 2.05) is 25.1 Å². The number of carbonyl (C=O) groups is 2. The SMILES string of the molecule is Cc1c(Cl)cccc1Nc1nccc(C(=O)N2CCN(C=O)CC2)n1. The minimum absolute atomic E-state index is 0.168. The van der Waals surface area contributed by atoms with Crippen LogP contribution in [-0.4, -0.2) is 58.3 Å². The lowest BCUT2D eigenvalue weighted by Crippen LogP contribution is -2.48. The molecule has 130 valence electrons. The summed E-state index contributed by atoms with van der Waals surface area (Å²) >= 11 is 6.12. The molecule has 1 aromatic heterocycles. The summed E-state index contributed by atoms with van der Waals surface area (Å²) in [6.07, 6.45) is 2.35. The van der Waals surface area contributed by atoms with E-state index in [0.29, 0.717) is 42.8 Å². The van der Waals surface area contributed by atoms with Crippen LogP contribution in [0.2, 0.25) is 5.02 Å². The van der Waals surface area contributed by atoms with Gasteiger partial charge in [0.15, 0.2) is 0 Å². The zero-order valence-corrected chi connectivity index (χ0v) is 14.5. The van der Waals surface area contributed by atoms with Crippen molar-refractivity contribution in [3.8, 4) is 0 Å². The van der Waals surface area contributed by atoms with Gasteiger partial charge < -0.3 is 15.1 Å². The molecule has 1 aromatic carbocycles. The van der Waals surface area contributed by atoms with Crippen LogP contribution in [0.4, 0.5) is 11.6 Å². The van der Waals surface area contributed by atoms with Gasteiger partial charge in [-0.1, -0.05) is 17.7 Å². The van der Waals surface area contributed by atoms with E-state index in [-0.39, 0.29) is 5.91 Å². The first-order chi connectivity index (χ1) is 12.1. The third-order valence-corrected chi connectivity index (χ3v) is 4.55. The van der Waals surface area contributed by atoms with Gasteiger partial charge in [0.1, 0.15) is 5.69 Å². The molecule has 1 aliphatic heterocycles. The largest absolute Gasteiger partial charge is 0.342 e. The van der Waals surface area contributed by atoms with Crippen LogP contribution in [-0.2, 0) is 4.79 Å². The quantitative estimate of drug-likeness (QED) is 0.846. The molecule has 8 heteroatoms. The summed E-state index contributed by atoms with van der Waals surface area (Å²) in [5, 5.41) is 3.74. The summed E-state index contributed by atoms with van der Waals surface area (Å²) in [7, 11) is 0. The molecule has 3 rings (SSSR count). The second-order valence-electron chi connectivity index (χ2n) is 5.74. The van der Waals surface area contributed by atoms with E-state index < -0.39 is 0 Å². The molecule has 0 spiro atoms. The Morgan fingerprint density at radius 1 is 1.24 bits per heavy atom. The van der Waals surface area contributed by atoms with E-state index in [0.717, 1.165) is 17.7 Å². The molecule has 0 atom stereocenters. The van der Waals surface area contributed by atoms with Gasteiger partial charge in [-0.15, -0.1) is 0 Å². The Labute approximate surface area is 150 Å². The Bertz CT molecular complexity index is 790. The molecular weight excluding hydrogens is 342 g/mol. The number of rotatable bonds is 4. The zero-order chi connectivity index (χ0) is 17.8. The van der Waals surface area contributed by atoms with Crippen LogP contribution in [0.25, 0.3) is 0 Å². The number of halogens is 1. The average Bonchev–Trinajstić information content (AvgIpc) is 2.65. The van der Waals surface area contributed by atoms with Gasteiger partial charge in [-0.25, -0.2) is 9.97 Å². The summed E-state index contributed by atoms with van der Waals surface area (Å²) in [5.74, 6) is 0.168. The molecule has 1 saturated heterocycles. The fraction of sp³-hybridized carbons (Fsp3) is 0.294. The van der Waals surface area contributed by atoms with Crippen molar-refractivity contribution in [3.63, 3.8) is 0 Å². The molecule has 2 aromatic rings. The standard InChI is InChI=1S/C17H18ClN5O2/c1-12-13(18)3-2-4-14(12)20-17-19-6-5-15(21-17)16(25)23-9-7-22(11-24)8-10-23/h2-6,11H,7-10H2,1H3,(H,19,20,21). The Kier molecular flexibility index (Phi) is 5.14. The molecule has 2 amide bonds. The second kappa shape index (κ2) is 7.48. The number of nitrogens with zero attached hydrogens (tertiary/aromatic N) is 4. The Morgan fingerprint density at radius 2 is 2.00 bits per heavy atom. The molecule has 0 radical (unpaired) electrons. The predicted octanol–water partition coefficient (Wildman–Crippen LogP) is 2.10. The summed E-state index contributed by atoms with van der Waals surface area (Å²) in [4.78, 5) is 35.2. The van der Waals surface area contributed by atoms with E-state index in [2.05, 4.69) is 15.3 Å². The minimum atomic E-state index is -0.168. The first-order valence-corrected chi connectivity index (χ1v) is 8.30. The first-order valence-electron chi connectivity index (χ1n) is 7.92. The fourth-order valence-electron chi connectivity index (χ4n) is 2.59. The average molecular weight is 360 g/mol. The van der Waals surface area contributed by atoms with Gasteiger partial charge >= 0.3 is 0 Å². The van der Waals surface area contributed by atoms with Gasteiger partial charge in [0.25, 0.3) is 5.91 Å². The minimum Gasteiger partial charge on any atom is -0.342 e. The van der Waals surface area contributed by atoms with E-state index in [1.54, 1.807) is 22.1 Å². The molecule has 1 fully saturated rings. The predicted molar refractivity (Wildman–Crippen MR) is 95.0 cm³/mol. The summed E-state index contributed by atoms with van der Waals surface area (Å²) in [6, 6.07) is 7.10. The maximum Gasteiger partial charge on any atom is 0.272 e. The van der Waals surface area contributed by atoms with Crippen LogP contribution >= 0.6 is 11.6 Å². The van der Waals surface area contributed by atoms with Gasteiger partial charge in [0.05, 0.1) is 0 Å². The molecule has 25 heavy (non-hydrogen) atoms. The number of amides is 2. The normalized spacial score (nSPS) is 14.3. The molecule has 0 saturated carbocycles. The fourth-order valence-corrected chi connectivity index (χ4v) is 2.77. The number of anilines is 2. The highest BCUT2D eigenvalue weighted by Gasteiger charge is 2.22. The number of aromatic nitrogens is 2.